The number of para-hydroxylation sites is 1. The summed E-state index contributed by atoms with van der Waals surface area (Å²) in [5.74, 6) is -0.875. The van der Waals surface area contributed by atoms with Gasteiger partial charge in [0.1, 0.15) is 0 Å². The van der Waals surface area contributed by atoms with E-state index in [1.165, 1.54) is 4.68 Å². The molecule has 31 heavy (non-hydrogen) atoms. The number of hydrogen-bond donors (Lipinski definition) is 2. The molecule has 0 bridgehead atoms. The number of fused-ring (bicyclic) bond motifs is 2. The number of hydrogen-bond acceptors (Lipinski definition) is 6. The molecule has 0 aliphatic carbocycles. The first-order valence-corrected chi connectivity index (χ1v) is 10.8. The molecular formula is C22H21N5O3S. The van der Waals surface area contributed by atoms with Crippen LogP contribution in [-0.2, 0) is 17.8 Å². The van der Waals surface area contributed by atoms with E-state index in [0.29, 0.717) is 30.2 Å². The average molecular weight is 436 g/mol. The molecule has 0 unspecified atom stereocenters. The Morgan fingerprint density at radius 3 is 2.55 bits per heavy atom. The second-order valence-electron chi connectivity index (χ2n) is 6.95. The highest BCUT2D eigenvalue weighted by Gasteiger charge is 2.16. The molecule has 2 aromatic carbocycles. The predicted molar refractivity (Wildman–Crippen MR) is 120 cm³/mol. The lowest BCUT2D eigenvalue weighted by Crippen LogP contribution is -2.42. The second kappa shape index (κ2) is 9.05. The SMILES string of the molecule is CCn1nc(C(=O)NNC(=O)CCCc2nc3ccccc3s2)c2ccccc2c1=O. The molecule has 2 amide bonds. The van der Waals surface area contributed by atoms with E-state index in [9.17, 15) is 14.4 Å². The van der Waals surface area contributed by atoms with Gasteiger partial charge in [0, 0.05) is 18.4 Å². The van der Waals surface area contributed by atoms with Crippen molar-refractivity contribution in [2.75, 3.05) is 0 Å². The van der Waals surface area contributed by atoms with Crippen LogP contribution in [0.1, 0.15) is 35.3 Å². The summed E-state index contributed by atoms with van der Waals surface area (Å²) in [6.07, 6.45) is 1.55. The Kier molecular flexibility index (Phi) is 6.03. The third-order valence-corrected chi connectivity index (χ3v) is 5.93. The molecule has 2 aromatic heterocycles. The van der Waals surface area contributed by atoms with Crippen molar-refractivity contribution in [2.45, 2.75) is 32.7 Å². The number of aryl methyl sites for hydroxylation is 2. The summed E-state index contributed by atoms with van der Waals surface area (Å²) in [7, 11) is 0. The molecule has 2 heterocycles. The van der Waals surface area contributed by atoms with Crippen LogP contribution >= 0.6 is 11.3 Å². The third kappa shape index (κ3) is 4.46. The first-order valence-electron chi connectivity index (χ1n) is 10.0. The number of nitrogens with zero attached hydrogens (tertiary/aromatic N) is 3. The minimum absolute atomic E-state index is 0.0897. The van der Waals surface area contributed by atoms with E-state index in [-0.39, 0.29) is 23.6 Å². The Bertz CT molecular complexity index is 1290. The fraction of sp³-hybridized carbons (Fsp3) is 0.227. The highest BCUT2D eigenvalue weighted by Crippen LogP contribution is 2.22. The molecule has 158 valence electrons. The maximum absolute atomic E-state index is 12.6. The van der Waals surface area contributed by atoms with Crippen LogP contribution in [0, 0.1) is 0 Å². The van der Waals surface area contributed by atoms with E-state index < -0.39 is 5.91 Å². The number of nitrogens with one attached hydrogen (secondary N) is 2. The number of hydrazine groups is 1. The predicted octanol–water partition coefficient (Wildman–Crippen LogP) is 2.81. The number of amides is 2. The van der Waals surface area contributed by atoms with Crippen LogP contribution in [0.25, 0.3) is 21.0 Å². The van der Waals surface area contributed by atoms with Crippen molar-refractivity contribution in [3.05, 3.63) is 69.6 Å². The van der Waals surface area contributed by atoms with E-state index >= 15 is 0 Å². The van der Waals surface area contributed by atoms with Crippen molar-refractivity contribution in [1.82, 2.24) is 25.6 Å². The number of benzene rings is 2. The van der Waals surface area contributed by atoms with Crippen LogP contribution in [-0.4, -0.2) is 26.6 Å². The Morgan fingerprint density at radius 1 is 1.03 bits per heavy atom. The minimum atomic E-state index is -0.571. The summed E-state index contributed by atoms with van der Waals surface area (Å²) in [6.45, 7) is 2.11. The van der Waals surface area contributed by atoms with Crippen molar-refractivity contribution in [1.29, 1.82) is 0 Å². The Hall–Kier alpha value is -3.59. The largest absolute Gasteiger partial charge is 0.290 e. The zero-order valence-electron chi connectivity index (χ0n) is 16.9. The quantitative estimate of drug-likeness (QED) is 0.453. The third-order valence-electron chi connectivity index (χ3n) is 4.83. The van der Waals surface area contributed by atoms with E-state index in [1.54, 1.807) is 42.5 Å². The number of thiazole rings is 1. The average Bonchev–Trinajstić information content (AvgIpc) is 3.21. The fourth-order valence-electron chi connectivity index (χ4n) is 3.29. The lowest BCUT2D eigenvalue weighted by Gasteiger charge is -2.10. The minimum Gasteiger partial charge on any atom is -0.273 e. The molecule has 0 saturated heterocycles. The summed E-state index contributed by atoms with van der Waals surface area (Å²) in [4.78, 5) is 41.7. The number of carbonyl (C=O) groups is 2. The Balaban J connectivity index is 1.35. The van der Waals surface area contributed by atoms with Crippen molar-refractivity contribution in [3.63, 3.8) is 0 Å². The van der Waals surface area contributed by atoms with Crippen LogP contribution < -0.4 is 16.4 Å². The molecule has 8 nitrogen and oxygen atoms in total. The normalized spacial score (nSPS) is 11.0. The molecule has 2 N–H and O–H groups in total. The zero-order valence-corrected chi connectivity index (χ0v) is 17.7. The topological polar surface area (TPSA) is 106 Å². The Labute approximate surface area is 181 Å². The molecule has 0 saturated carbocycles. The van der Waals surface area contributed by atoms with Crippen molar-refractivity contribution in [3.8, 4) is 0 Å². The van der Waals surface area contributed by atoms with Gasteiger partial charge in [0.05, 0.1) is 20.6 Å². The van der Waals surface area contributed by atoms with E-state index in [0.717, 1.165) is 15.2 Å². The molecule has 4 rings (SSSR count). The maximum Gasteiger partial charge on any atom is 0.290 e. The summed E-state index contributed by atoms with van der Waals surface area (Å²) in [6, 6.07) is 14.7. The lowest BCUT2D eigenvalue weighted by molar-refractivity contribution is -0.121. The van der Waals surface area contributed by atoms with Gasteiger partial charge < -0.3 is 0 Å². The van der Waals surface area contributed by atoms with E-state index in [2.05, 4.69) is 20.9 Å². The zero-order chi connectivity index (χ0) is 21.8. The summed E-state index contributed by atoms with van der Waals surface area (Å²) < 4.78 is 2.36. The first kappa shape index (κ1) is 20.7. The van der Waals surface area contributed by atoms with Gasteiger partial charge in [0.15, 0.2) is 5.69 Å². The fourth-order valence-corrected chi connectivity index (χ4v) is 4.30. The summed E-state index contributed by atoms with van der Waals surface area (Å²) in [5.41, 5.74) is 5.63. The molecule has 0 aliphatic heterocycles. The molecule has 0 atom stereocenters. The lowest BCUT2D eigenvalue weighted by atomic mass is 10.1. The van der Waals surface area contributed by atoms with E-state index in [1.807, 2.05) is 24.3 Å². The van der Waals surface area contributed by atoms with Crippen molar-refractivity contribution < 1.29 is 9.59 Å². The van der Waals surface area contributed by atoms with Gasteiger partial charge in [0.2, 0.25) is 5.91 Å². The van der Waals surface area contributed by atoms with Gasteiger partial charge in [0.25, 0.3) is 11.5 Å². The van der Waals surface area contributed by atoms with Crippen LogP contribution in [0.4, 0.5) is 0 Å². The highest BCUT2D eigenvalue weighted by atomic mass is 32.1. The van der Waals surface area contributed by atoms with Gasteiger partial charge in [-0.1, -0.05) is 30.3 Å². The molecule has 0 aliphatic rings. The number of aromatic nitrogens is 3. The van der Waals surface area contributed by atoms with Gasteiger partial charge in [-0.05, 0) is 38.0 Å². The van der Waals surface area contributed by atoms with Crippen LogP contribution in [0.15, 0.2) is 53.3 Å². The maximum atomic E-state index is 12.6. The Morgan fingerprint density at radius 2 is 1.77 bits per heavy atom. The van der Waals surface area contributed by atoms with Gasteiger partial charge >= 0.3 is 0 Å². The second-order valence-corrected chi connectivity index (χ2v) is 8.06. The summed E-state index contributed by atoms with van der Waals surface area (Å²) >= 11 is 1.62. The van der Waals surface area contributed by atoms with Gasteiger partial charge in [-0.15, -0.1) is 11.3 Å². The molecular weight excluding hydrogens is 414 g/mol. The molecule has 0 radical (unpaired) electrons. The van der Waals surface area contributed by atoms with Crippen molar-refractivity contribution in [2.24, 2.45) is 0 Å². The van der Waals surface area contributed by atoms with Crippen LogP contribution in [0.2, 0.25) is 0 Å². The van der Waals surface area contributed by atoms with Crippen LogP contribution in [0.5, 0.6) is 0 Å². The van der Waals surface area contributed by atoms with E-state index in [4.69, 9.17) is 0 Å². The van der Waals surface area contributed by atoms with Gasteiger partial charge in [-0.3, -0.25) is 25.2 Å². The highest BCUT2D eigenvalue weighted by molar-refractivity contribution is 7.18. The summed E-state index contributed by atoms with van der Waals surface area (Å²) in [5, 5.41) is 5.99. The number of carbonyl (C=O) groups excluding carboxylic acids is 2. The van der Waals surface area contributed by atoms with Crippen LogP contribution in [0.3, 0.4) is 0 Å². The van der Waals surface area contributed by atoms with Crippen molar-refractivity contribution >= 4 is 44.1 Å². The standard InChI is InChI=1S/C22H21N5O3S/c1-2-27-22(30)15-9-4-3-8-14(15)20(26-27)21(29)25-24-18(28)12-7-13-19-23-16-10-5-6-11-17(16)31-19/h3-6,8-11H,2,7,12-13H2,1H3,(H,24,28)(H,25,29). The smallest absolute Gasteiger partial charge is 0.273 e. The molecule has 4 aromatic rings. The molecule has 0 fully saturated rings. The first-order chi connectivity index (χ1) is 15.1. The monoisotopic (exact) mass is 435 g/mol. The van der Waals surface area contributed by atoms with Gasteiger partial charge in [-0.2, -0.15) is 5.10 Å². The molecule has 9 heteroatoms. The molecule has 0 spiro atoms. The number of rotatable bonds is 6. The van der Waals surface area contributed by atoms with Gasteiger partial charge in [-0.25, -0.2) is 9.67 Å².